The minimum atomic E-state index is 0. The number of imidazole rings is 1. The molecule has 0 atom stereocenters. The van der Waals surface area contributed by atoms with Crippen molar-refractivity contribution >= 4 is 27.3 Å². The normalized spacial score (nSPS) is 11.4. The maximum absolute atomic E-state index is 5.19. The third-order valence-electron chi connectivity index (χ3n) is 7.40. The largest absolute Gasteiger partial charge is 0.333 e. The first-order valence-corrected chi connectivity index (χ1v) is 12.3. The van der Waals surface area contributed by atoms with Crippen molar-refractivity contribution in [3.63, 3.8) is 0 Å². The monoisotopic (exact) mass is 646 g/mol. The van der Waals surface area contributed by atoms with Crippen LogP contribution in [0.5, 0.6) is 0 Å². The molecule has 0 amide bonds. The van der Waals surface area contributed by atoms with Crippen LogP contribution < -0.4 is 0 Å². The Morgan fingerprint density at radius 3 is 1.97 bits per heavy atom. The Bertz CT molecular complexity index is 1770. The molecule has 0 aliphatic heterocycles. The molecule has 0 saturated heterocycles. The maximum Gasteiger partial charge on any atom is 0.0669 e. The Morgan fingerprint density at radius 2 is 1.33 bits per heavy atom. The molecule has 6 rings (SSSR count). The van der Waals surface area contributed by atoms with E-state index in [1.54, 1.807) is 0 Å². The van der Waals surface area contributed by atoms with Gasteiger partial charge in [-0.1, -0.05) is 64.9 Å². The second kappa shape index (κ2) is 9.00. The Labute approximate surface area is 226 Å². The van der Waals surface area contributed by atoms with Gasteiger partial charge in [-0.2, -0.15) is 0 Å². The standard InChI is InChI=1S/C33H29N2.Ir/c1-19-16-17-25-28(18-19)35-32(30-22(4)12-8-13-23(30)5)24(6)34-33(35)27-15-9-14-26(31(25)27)29-20(2)10-7-11-21(29)3;/h7-14,16-18H,1-6H3;/q-1;. The Kier molecular flexibility index (Phi) is 6.11. The van der Waals surface area contributed by atoms with Crippen LogP contribution in [0, 0.1) is 47.6 Å². The second-order valence-corrected chi connectivity index (χ2v) is 9.90. The van der Waals surface area contributed by atoms with Gasteiger partial charge in [-0.25, -0.2) is 0 Å². The number of pyridine rings is 1. The summed E-state index contributed by atoms with van der Waals surface area (Å²) in [5.74, 6) is 0. The van der Waals surface area contributed by atoms with Crippen LogP contribution in [0.1, 0.15) is 33.5 Å². The molecule has 2 nitrogen and oxygen atoms in total. The first-order valence-electron chi connectivity index (χ1n) is 12.3. The molecule has 36 heavy (non-hydrogen) atoms. The number of benzene rings is 4. The summed E-state index contributed by atoms with van der Waals surface area (Å²) < 4.78 is 2.38. The summed E-state index contributed by atoms with van der Waals surface area (Å²) in [5, 5.41) is 3.53. The van der Waals surface area contributed by atoms with Gasteiger partial charge in [-0.3, -0.25) is 4.98 Å². The van der Waals surface area contributed by atoms with Crippen molar-refractivity contribution in [2.45, 2.75) is 41.5 Å². The van der Waals surface area contributed by atoms with Crippen LogP contribution in [0.3, 0.4) is 0 Å². The second-order valence-electron chi connectivity index (χ2n) is 9.90. The molecule has 0 saturated carbocycles. The van der Waals surface area contributed by atoms with Crippen LogP contribution in [0.4, 0.5) is 0 Å². The molecule has 2 aromatic heterocycles. The van der Waals surface area contributed by atoms with Crippen molar-refractivity contribution in [1.29, 1.82) is 0 Å². The van der Waals surface area contributed by atoms with Gasteiger partial charge >= 0.3 is 0 Å². The summed E-state index contributed by atoms with van der Waals surface area (Å²) in [7, 11) is 0. The molecule has 3 heteroatoms. The van der Waals surface area contributed by atoms with Gasteiger partial charge < -0.3 is 4.40 Å². The van der Waals surface area contributed by atoms with E-state index in [1.165, 1.54) is 66.5 Å². The average Bonchev–Trinajstić information content (AvgIpc) is 3.16. The third kappa shape index (κ3) is 3.53. The van der Waals surface area contributed by atoms with E-state index in [0.29, 0.717) is 0 Å². The van der Waals surface area contributed by atoms with Crippen molar-refractivity contribution in [3.05, 3.63) is 106 Å². The molecule has 181 valence electrons. The van der Waals surface area contributed by atoms with Crippen LogP contribution in [0.2, 0.25) is 0 Å². The van der Waals surface area contributed by atoms with Crippen molar-refractivity contribution in [1.82, 2.24) is 9.38 Å². The fourth-order valence-electron chi connectivity index (χ4n) is 5.85. The number of rotatable bonds is 2. The molecule has 0 aliphatic rings. The first-order chi connectivity index (χ1) is 16.9. The molecule has 0 fully saturated rings. The fourth-order valence-corrected chi connectivity index (χ4v) is 5.85. The Balaban J connectivity index is 0.00000267. The van der Waals surface area contributed by atoms with Gasteiger partial charge in [0.25, 0.3) is 0 Å². The number of aryl methyl sites for hydroxylation is 6. The summed E-state index contributed by atoms with van der Waals surface area (Å²) in [6, 6.07) is 27.7. The summed E-state index contributed by atoms with van der Waals surface area (Å²) in [5.41, 5.74) is 14.6. The zero-order valence-electron chi connectivity index (χ0n) is 21.6. The maximum atomic E-state index is 5.19. The minimum absolute atomic E-state index is 0. The van der Waals surface area contributed by atoms with Gasteiger partial charge in [-0.05, 0) is 86.4 Å². The van der Waals surface area contributed by atoms with E-state index in [9.17, 15) is 0 Å². The van der Waals surface area contributed by atoms with Crippen molar-refractivity contribution in [3.8, 4) is 22.4 Å². The zero-order valence-corrected chi connectivity index (χ0v) is 24.0. The molecule has 0 bridgehead atoms. The quantitative estimate of drug-likeness (QED) is 0.136. The number of aromatic nitrogens is 2. The molecule has 6 aromatic rings. The molecular formula is C33H29IrN2-. The van der Waals surface area contributed by atoms with Crippen LogP contribution in [0.25, 0.3) is 49.7 Å². The molecule has 0 unspecified atom stereocenters. The summed E-state index contributed by atoms with van der Waals surface area (Å²) in [4.78, 5) is 5.19. The van der Waals surface area contributed by atoms with Crippen LogP contribution >= 0.6 is 0 Å². The van der Waals surface area contributed by atoms with E-state index >= 15 is 0 Å². The number of nitrogens with zero attached hydrogens (tertiary/aromatic N) is 2. The molecule has 0 spiro atoms. The zero-order chi connectivity index (χ0) is 24.4. The Hall–Kier alpha value is -3.26. The molecule has 1 radical (unpaired) electrons. The minimum Gasteiger partial charge on any atom is -0.333 e. The molecule has 4 aromatic carbocycles. The molecular weight excluding hydrogens is 617 g/mol. The van der Waals surface area contributed by atoms with Gasteiger partial charge in [0.15, 0.2) is 0 Å². The fraction of sp³-hybridized carbons (Fsp3) is 0.182. The molecule has 0 N–H and O–H groups in total. The van der Waals surface area contributed by atoms with Crippen LogP contribution in [0.15, 0.2) is 66.7 Å². The van der Waals surface area contributed by atoms with E-state index in [0.717, 1.165) is 16.7 Å². The van der Waals surface area contributed by atoms with E-state index in [1.807, 2.05) is 0 Å². The number of hydrogen-bond donors (Lipinski definition) is 0. The summed E-state index contributed by atoms with van der Waals surface area (Å²) >= 11 is 0. The van der Waals surface area contributed by atoms with Gasteiger partial charge in [0.1, 0.15) is 0 Å². The van der Waals surface area contributed by atoms with Crippen LogP contribution in [-0.4, -0.2) is 9.38 Å². The van der Waals surface area contributed by atoms with E-state index in [-0.39, 0.29) is 20.1 Å². The van der Waals surface area contributed by atoms with Crippen molar-refractivity contribution < 1.29 is 20.1 Å². The SMILES string of the molecule is Cc1ccc2c3c(-c4c(C)cccc4C)cc[c-]c3c3nc(C)c(-c4c(C)cccc4C)n3c2c1.[Ir]. The van der Waals surface area contributed by atoms with E-state index < -0.39 is 0 Å². The van der Waals surface area contributed by atoms with Gasteiger partial charge in [-0.15, -0.1) is 18.2 Å². The smallest absolute Gasteiger partial charge is 0.0669 e. The topological polar surface area (TPSA) is 17.3 Å². The third-order valence-corrected chi connectivity index (χ3v) is 7.40. The predicted octanol–water partition coefficient (Wildman–Crippen LogP) is 8.62. The number of fused-ring (bicyclic) bond motifs is 6. The first kappa shape index (κ1) is 24.4. The van der Waals surface area contributed by atoms with Gasteiger partial charge in [0.2, 0.25) is 0 Å². The number of hydrogen-bond acceptors (Lipinski definition) is 1. The van der Waals surface area contributed by atoms with Gasteiger partial charge in [0, 0.05) is 31.2 Å². The summed E-state index contributed by atoms with van der Waals surface area (Å²) in [6.45, 7) is 13.1. The predicted molar refractivity (Wildman–Crippen MR) is 148 cm³/mol. The van der Waals surface area contributed by atoms with E-state index in [2.05, 4.69) is 119 Å². The van der Waals surface area contributed by atoms with Crippen molar-refractivity contribution in [2.75, 3.05) is 0 Å². The van der Waals surface area contributed by atoms with Crippen LogP contribution in [-0.2, 0) is 20.1 Å². The molecule has 2 heterocycles. The van der Waals surface area contributed by atoms with Gasteiger partial charge in [0.05, 0.1) is 17.0 Å². The Morgan fingerprint density at radius 1 is 0.722 bits per heavy atom. The summed E-state index contributed by atoms with van der Waals surface area (Å²) in [6.07, 6.45) is 0. The molecule has 0 aliphatic carbocycles. The van der Waals surface area contributed by atoms with E-state index in [4.69, 9.17) is 4.98 Å². The average molecular weight is 646 g/mol. The van der Waals surface area contributed by atoms with Crippen molar-refractivity contribution in [2.24, 2.45) is 0 Å².